The molecule has 1 rings (SSSR count). The lowest BCUT2D eigenvalue weighted by atomic mass is 9.85. The van der Waals surface area contributed by atoms with Crippen LogP contribution in [0.5, 0.6) is 5.75 Å². The van der Waals surface area contributed by atoms with Crippen molar-refractivity contribution in [2.24, 2.45) is 5.41 Å². The van der Waals surface area contributed by atoms with Gasteiger partial charge in [0.15, 0.2) is 0 Å². The van der Waals surface area contributed by atoms with Gasteiger partial charge >= 0.3 is 5.97 Å². The van der Waals surface area contributed by atoms with E-state index in [0.717, 1.165) is 16.9 Å². The Kier molecular flexibility index (Phi) is 3.58. The minimum Gasteiger partial charge on any atom is -0.496 e. The molecule has 0 aromatic heterocycles. The largest absolute Gasteiger partial charge is 0.496 e. The van der Waals surface area contributed by atoms with Crippen LogP contribution < -0.4 is 4.74 Å². The number of carboxylic acid groups (broad SMARTS) is 1. The molecule has 0 amide bonds. The molecule has 0 atom stereocenters. The van der Waals surface area contributed by atoms with Crippen LogP contribution in [-0.2, 0) is 11.2 Å². The standard InChI is InChI=1S/C13H18O3/c1-9-5-6-10(7-11(9)16-4)8-13(2,3)12(14)15/h5-7H,8H2,1-4H3,(H,14,15). The molecule has 0 saturated heterocycles. The van der Waals surface area contributed by atoms with Crippen molar-refractivity contribution in [1.82, 2.24) is 0 Å². The smallest absolute Gasteiger partial charge is 0.309 e. The van der Waals surface area contributed by atoms with Crippen LogP contribution in [0.2, 0.25) is 0 Å². The van der Waals surface area contributed by atoms with Crippen LogP contribution in [0.15, 0.2) is 18.2 Å². The molecule has 1 N–H and O–H groups in total. The second-order valence-corrected chi connectivity index (χ2v) is 4.67. The predicted molar refractivity (Wildman–Crippen MR) is 62.9 cm³/mol. The first-order chi connectivity index (χ1) is 7.36. The van der Waals surface area contributed by atoms with Gasteiger partial charge in [-0.3, -0.25) is 4.79 Å². The van der Waals surface area contributed by atoms with Gasteiger partial charge in [0.05, 0.1) is 12.5 Å². The Morgan fingerprint density at radius 2 is 2.06 bits per heavy atom. The predicted octanol–water partition coefficient (Wildman–Crippen LogP) is 2.66. The van der Waals surface area contributed by atoms with Crippen molar-refractivity contribution >= 4 is 5.97 Å². The fourth-order valence-corrected chi connectivity index (χ4v) is 1.56. The summed E-state index contributed by atoms with van der Waals surface area (Å²) in [5, 5.41) is 9.05. The number of hydrogen-bond donors (Lipinski definition) is 1. The van der Waals surface area contributed by atoms with Crippen LogP contribution in [0.25, 0.3) is 0 Å². The van der Waals surface area contributed by atoms with Crippen LogP contribution in [0.1, 0.15) is 25.0 Å². The third-order valence-corrected chi connectivity index (χ3v) is 2.70. The fourth-order valence-electron chi connectivity index (χ4n) is 1.56. The first-order valence-corrected chi connectivity index (χ1v) is 5.24. The zero-order chi connectivity index (χ0) is 12.3. The fraction of sp³-hybridized carbons (Fsp3) is 0.462. The van der Waals surface area contributed by atoms with Gasteiger partial charge in [0.25, 0.3) is 0 Å². The van der Waals surface area contributed by atoms with Gasteiger partial charge in [-0.05, 0) is 44.4 Å². The van der Waals surface area contributed by atoms with Gasteiger partial charge in [0.1, 0.15) is 5.75 Å². The molecule has 0 aliphatic heterocycles. The molecule has 0 aliphatic rings. The number of aryl methyl sites for hydroxylation is 1. The molecule has 88 valence electrons. The average molecular weight is 222 g/mol. The van der Waals surface area contributed by atoms with Gasteiger partial charge in [-0.25, -0.2) is 0 Å². The third kappa shape index (κ3) is 2.75. The molecule has 0 unspecified atom stereocenters. The maximum Gasteiger partial charge on any atom is 0.309 e. The average Bonchev–Trinajstić information content (AvgIpc) is 2.20. The molecule has 3 heteroatoms. The first-order valence-electron chi connectivity index (χ1n) is 5.24. The van der Waals surface area contributed by atoms with Crippen molar-refractivity contribution in [1.29, 1.82) is 0 Å². The SMILES string of the molecule is COc1cc(CC(C)(C)C(=O)O)ccc1C. The molecule has 0 bridgehead atoms. The highest BCUT2D eigenvalue weighted by Gasteiger charge is 2.27. The number of methoxy groups -OCH3 is 1. The minimum atomic E-state index is -0.785. The molecule has 0 heterocycles. The van der Waals surface area contributed by atoms with Gasteiger partial charge in [-0.1, -0.05) is 12.1 Å². The second kappa shape index (κ2) is 4.56. The molecular weight excluding hydrogens is 204 g/mol. The van der Waals surface area contributed by atoms with Crippen LogP contribution in [0, 0.1) is 12.3 Å². The Bertz CT molecular complexity index is 394. The van der Waals surface area contributed by atoms with E-state index < -0.39 is 11.4 Å². The van der Waals surface area contributed by atoms with Crippen molar-refractivity contribution in [3.8, 4) is 5.75 Å². The van der Waals surface area contributed by atoms with Crippen LogP contribution in [0.4, 0.5) is 0 Å². The van der Waals surface area contributed by atoms with E-state index in [0.29, 0.717) is 6.42 Å². The number of hydrogen-bond acceptors (Lipinski definition) is 2. The van der Waals surface area contributed by atoms with Gasteiger partial charge < -0.3 is 9.84 Å². The maximum atomic E-state index is 11.0. The quantitative estimate of drug-likeness (QED) is 0.851. The second-order valence-electron chi connectivity index (χ2n) is 4.67. The Hall–Kier alpha value is -1.51. The molecular formula is C13H18O3. The van der Waals surface area contributed by atoms with Crippen molar-refractivity contribution in [2.45, 2.75) is 27.2 Å². The van der Waals surface area contributed by atoms with Crippen LogP contribution >= 0.6 is 0 Å². The minimum absolute atomic E-state index is 0.499. The Labute approximate surface area is 96.1 Å². The van der Waals surface area contributed by atoms with Crippen LogP contribution in [0.3, 0.4) is 0 Å². The first kappa shape index (κ1) is 12.6. The topological polar surface area (TPSA) is 46.5 Å². The van der Waals surface area contributed by atoms with E-state index in [1.807, 2.05) is 25.1 Å². The molecule has 16 heavy (non-hydrogen) atoms. The van der Waals surface area contributed by atoms with Gasteiger partial charge in [-0.15, -0.1) is 0 Å². The summed E-state index contributed by atoms with van der Waals surface area (Å²) in [7, 11) is 1.62. The summed E-state index contributed by atoms with van der Waals surface area (Å²) in [5.41, 5.74) is 1.29. The van der Waals surface area contributed by atoms with E-state index in [1.165, 1.54) is 0 Å². The summed E-state index contributed by atoms with van der Waals surface area (Å²) in [6.45, 7) is 5.41. The van der Waals surface area contributed by atoms with E-state index >= 15 is 0 Å². The molecule has 0 aliphatic carbocycles. The lowest BCUT2D eigenvalue weighted by Gasteiger charge is -2.19. The van der Waals surface area contributed by atoms with Crippen molar-refractivity contribution in [2.75, 3.05) is 7.11 Å². The number of aliphatic carboxylic acids is 1. The summed E-state index contributed by atoms with van der Waals surface area (Å²) in [4.78, 5) is 11.0. The lowest BCUT2D eigenvalue weighted by molar-refractivity contribution is -0.146. The molecule has 1 aromatic carbocycles. The summed E-state index contributed by atoms with van der Waals surface area (Å²) in [6.07, 6.45) is 0.499. The summed E-state index contributed by atoms with van der Waals surface area (Å²) >= 11 is 0. The molecule has 0 saturated carbocycles. The van der Waals surface area contributed by atoms with E-state index in [4.69, 9.17) is 9.84 Å². The Morgan fingerprint density at radius 1 is 1.44 bits per heavy atom. The van der Waals surface area contributed by atoms with Crippen molar-refractivity contribution in [3.63, 3.8) is 0 Å². The third-order valence-electron chi connectivity index (χ3n) is 2.70. The number of ether oxygens (including phenoxy) is 1. The Balaban J connectivity index is 2.94. The Morgan fingerprint density at radius 3 is 2.56 bits per heavy atom. The lowest BCUT2D eigenvalue weighted by Crippen LogP contribution is -2.26. The maximum absolute atomic E-state index is 11.0. The summed E-state index contributed by atoms with van der Waals surface area (Å²) in [5.74, 6) is 0.0192. The zero-order valence-corrected chi connectivity index (χ0v) is 10.2. The van der Waals surface area contributed by atoms with Crippen molar-refractivity contribution in [3.05, 3.63) is 29.3 Å². The van der Waals surface area contributed by atoms with Gasteiger partial charge in [0.2, 0.25) is 0 Å². The number of carbonyl (C=O) groups is 1. The monoisotopic (exact) mass is 222 g/mol. The van der Waals surface area contributed by atoms with E-state index in [-0.39, 0.29) is 0 Å². The van der Waals surface area contributed by atoms with E-state index in [9.17, 15) is 4.79 Å². The molecule has 0 radical (unpaired) electrons. The molecule has 0 fully saturated rings. The molecule has 1 aromatic rings. The normalized spacial score (nSPS) is 11.2. The van der Waals surface area contributed by atoms with E-state index in [2.05, 4.69) is 0 Å². The molecule has 0 spiro atoms. The van der Waals surface area contributed by atoms with Gasteiger partial charge in [0, 0.05) is 0 Å². The van der Waals surface area contributed by atoms with Gasteiger partial charge in [-0.2, -0.15) is 0 Å². The summed E-state index contributed by atoms with van der Waals surface area (Å²) in [6, 6.07) is 5.80. The van der Waals surface area contributed by atoms with E-state index in [1.54, 1.807) is 21.0 Å². The highest BCUT2D eigenvalue weighted by atomic mass is 16.5. The zero-order valence-electron chi connectivity index (χ0n) is 10.2. The summed E-state index contributed by atoms with van der Waals surface area (Å²) < 4.78 is 5.21. The highest BCUT2D eigenvalue weighted by molar-refractivity contribution is 5.74. The highest BCUT2D eigenvalue weighted by Crippen LogP contribution is 2.26. The number of carboxylic acids is 1. The van der Waals surface area contributed by atoms with Crippen molar-refractivity contribution < 1.29 is 14.6 Å². The molecule has 3 nitrogen and oxygen atoms in total. The number of benzene rings is 1. The van der Waals surface area contributed by atoms with Crippen LogP contribution in [-0.4, -0.2) is 18.2 Å². The number of rotatable bonds is 4.